The lowest BCUT2D eigenvalue weighted by molar-refractivity contribution is 1.16. The van der Waals surface area contributed by atoms with Crippen molar-refractivity contribution in [2.45, 2.75) is 12.8 Å². The van der Waals surface area contributed by atoms with Gasteiger partial charge in [0.1, 0.15) is 0 Å². The third kappa shape index (κ3) is 4.03. The molecule has 0 aliphatic heterocycles. The largest absolute Gasteiger partial charge is 0.278 e. The number of rotatable bonds is 5. The van der Waals surface area contributed by atoms with E-state index in [0.717, 1.165) is 39.5 Å². The molecule has 0 heterocycles. The molecule has 4 nitrogen and oxygen atoms in total. The molecule has 1 aliphatic rings. The lowest BCUT2D eigenvalue weighted by Gasteiger charge is -2.15. The summed E-state index contributed by atoms with van der Waals surface area (Å²) in [5.41, 5.74) is 14.9. The summed E-state index contributed by atoms with van der Waals surface area (Å²) in [7, 11) is 0. The van der Waals surface area contributed by atoms with Gasteiger partial charge in [0.15, 0.2) is 0 Å². The normalized spacial score (nSPS) is 17.3. The molecule has 156 valence electrons. The highest BCUT2D eigenvalue weighted by Gasteiger charge is 2.36. The summed E-state index contributed by atoms with van der Waals surface area (Å²) in [6, 6.07) is 37.0. The monoisotopic (exact) mass is 416 g/mol. The van der Waals surface area contributed by atoms with Gasteiger partial charge in [-0.15, -0.1) is 0 Å². The van der Waals surface area contributed by atoms with Crippen molar-refractivity contribution in [1.82, 2.24) is 0 Å². The Bertz CT molecular complexity index is 1180. The number of nitrogens with zero attached hydrogens (tertiary/aromatic N) is 2. The third-order valence-corrected chi connectivity index (χ3v) is 5.60. The Morgan fingerprint density at radius 2 is 0.969 bits per heavy atom. The van der Waals surface area contributed by atoms with Crippen molar-refractivity contribution >= 4 is 22.8 Å². The van der Waals surface area contributed by atoms with Crippen LogP contribution in [0.25, 0.3) is 0 Å². The Kier molecular flexibility index (Phi) is 5.50. The van der Waals surface area contributed by atoms with E-state index in [2.05, 4.69) is 66.3 Å². The number of benzene rings is 4. The molecule has 0 saturated carbocycles. The van der Waals surface area contributed by atoms with Crippen molar-refractivity contribution < 1.29 is 0 Å². The smallest absolute Gasteiger partial charge is 0.0821 e. The highest BCUT2D eigenvalue weighted by molar-refractivity contribution is 6.33. The zero-order chi connectivity index (χ0) is 21.8. The van der Waals surface area contributed by atoms with Crippen LogP contribution in [0.5, 0.6) is 0 Å². The highest BCUT2D eigenvalue weighted by atomic mass is 15.3. The lowest BCUT2D eigenvalue weighted by Crippen LogP contribution is -2.17. The van der Waals surface area contributed by atoms with Crippen molar-refractivity contribution in [1.29, 1.82) is 0 Å². The van der Waals surface area contributed by atoms with Gasteiger partial charge in [-0.05, 0) is 36.8 Å². The van der Waals surface area contributed by atoms with Crippen molar-refractivity contribution in [2.75, 3.05) is 10.9 Å². The molecule has 0 aromatic heterocycles. The zero-order valence-electron chi connectivity index (χ0n) is 17.9. The minimum Gasteiger partial charge on any atom is -0.278 e. The van der Waals surface area contributed by atoms with Gasteiger partial charge in [0.05, 0.1) is 28.7 Å². The maximum absolute atomic E-state index is 4.88. The van der Waals surface area contributed by atoms with E-state index in [-0.39, 0.29) is 5.92 Å². The molecule has 0 radical (unpaired) electrons. The first kappa shape index (κ1) is 19.8. The fourth-order valence-corrected chi connectivity index (χ4v) is 3.97. The van der Waals surface area contributed by atoms with Gasteiger partial charge >= 0.3 is 0 Å². The maximum Gasteiger partial charge on any atom is 0.0821 e. The number of para-hydroxylation sites is 2. The number of anilines is 2. The van der Waals surface area contributed by atoms with Gasteiger partial charge in [0.25, 0.3) is 0 Å². The Hall–Kier alpha value is -4.18. The predicted octanol–water partition coefficient (Wildman–Crippen LogP) is 6.42. The van der Waals surface area contributed by atoms with Crippen LogP contribution in [0.15, 0.2) is 119 Å². The van der Waals surface area contributed by atoms with Gasteiger partial charge in [-0.2, -0.15) is 10.2 Å². The highest BCUT2D eigenvalue weighted by Crippen LogP contribution is 2.36. The lowest BCUT2D eigenvalue weighted by atomic mass is 9.92. The van der Waals surface area contributed by atoms with Crippen molar-refractivity contribution in [3.8, 4) is 0 Å². The fraction of sp³-hybridized carbons (Fsp3) is 0.0714. The standard InChI is InChI=1S/C28H24N4/c1-20-16-18-21(19-17-20)26-27(31-29-22-10-4-2-5-11-22)24-14-8-9-15-25(24)28(26)32-30-23-12-6-3-7-13-23/h2-19,26,29-30H,1H3/b31-27-,32-28-. The van der Waals surface area contributed by atoms with Crippen LogP contribution < -0.4 is 10.9 Å². The van der Waals surface area contributed by atoms with Crippen molar-refractivity contribution in [3.63, 3.8) is 0 Å². The SMILES string of the molecule is Cc1ccc(C2/C(=N\Nc3ccccc3)c3ccccc3/C2=N/Nc2ccccc2)cc1. The minimum absolute atomic E-state index is 0.0829. The quantitative estimate of drug-likeness (QED) is 0.369. The van der Waals surface area contributed by atoms with Crippen LogP contribution >= 0.6 is 0 Å². The van der Waals surface area contributed by atoms with E-state index in [1.807, 2.05) is 60.7 Å². The van der Waals surface area contributed by atoms with Crippen LogP contribution in [-0.4, -0.2) is 11.4 Å². The molecule has 2 N–H and O–H groups in total. The van der Waals surface area contributed by atoms with Crippen molar-refractivity contribution in [2.24, 2.45) is 10.2 Å². The third-order valence-electron chi connectivity index (χ3n) is 5.60. The maximum atomic E-state index is 4.88. The average molecular weight is 417 g/mol. The first-order chi connectivity index (χ1) is 15.8. The van der Waals surface area contributed by atoms with Gasteiger partial charge in [0, 0.05) is 11.1 Å². The van der Waals surface area contributed by atoms with Crippen LogP contribution in [-0.2, 0) is 0 Å². The van der Waals surface area contributed by atoms with Crippen LogP contribution in [0, 0.1) is 6.92 Å². The summed E-state index contributed by atoms with van der Waals surface area (Å²) < 4.78 is 0. The van der Waals surface area contributed by atoms with Gasteiger partial charge in [-0.1, -0.05) is 90.5 Å². The fourth-order valence-electron chi connectivity index (χ4n) is 3.97. The first-order valence-corrected chi connectivity index (χ1v) is 10.7. The molecule has 0 unspecified atom stereocenters. The molecule has 0 bridgehead atoms. The zero-order valence-corrected chi connectivity index (χ0v) is 17.9. The van der Waals surface area contributed by atoms with Crippen LogP contribution in [0.3, 0.4) is 0 Å². The molecule has 1 aliphatic carbocycles. The molecule has 4 heteroatoms. The molecule has 0 spiro atoms. The number of hydrazone groups is 2. The summed E-state index contributed by atoms with van der Waals surface area (Å²) in [6.45, 7) is 2.10. The van der Waals surface area contributed by atoms with Crippen LogP contribution in [0.1, 0.15) is 28.2 Å². The molecule has 0 atom stereocenters. The molecular weight excluding hydrogens is 392 g/mol. The molecule has 0 saturated heterocycles. The number of hydrogen-bond donors (Lipinski definition) is 2. The number of nitrogens with one attached hydrogen (secondary N) is 2. The second kappa shape index (κ2) is 8.90. The summed E-state index contributed by atoms with van der Waals surface area (Å²) >= 11 is 0. The van der Waals surface area contributed by atoms with Gasteiger partial charge in [-0.3, -0.25) is 10.9 Å². The molecule has 0 amide bonds. The van der Waals surface area contributed by atoms with Crippen LogP contribution in [0.4, 0.5) is 11.4 Å². The molecule has 4 aromatic carbocycles. The predicted molar refractivity (Wildman–Crippen MR) is 134 cm³/mol. The van der Waals surface area contributed by atoms with E-state index in [1.54, 1.807) is 0 Å². The van der Waals surface area contributed by atoms with Crippen molar-refractivity contribution in [3.05, 3.63) is 131 Å². The van der Waals surface area contributed by atoms with Gasteiger partial charge in [0.2, 0.25) is 0 Å². The van der Waals surface area contributed by atoms with E-state index in [1.165, 1.54) is 5.56 Å². The summed E-state index contributed by atoms with van der Waals surface area (Å²) in [5.74, 6) is -0.0829. The van der Waals surface area contributed by atoms with Gasteiger partial charge < -0.3 is 0 Å². The Balaban J connectivity index is 1.61. The Labute approximate surface area is 188 Å². The van der Waals surface area contributed by atoms with E-state index < -0.39 is 0 Å². The van der Waals surface area contributed by atoms with E-state index in [0.29, 0.717) is 0 Å². The number of fused-ring (bicyclic) bond motifs is 1. The second-order valence-corrected chi connectivity index (χ2v) is 7.84. The second-order valence-electron chi connectivity index (χ2n) is 7.84. The average Bonchev–Trinajstić information content (AvgIpc) is 3.16. The minimum atomic E-state index is -0.0829. The molecular formula is C28H24N4. The summed E-state index contributed by atoms with van der Waals surface area (Å²) in [6.07, 6.45) is 0. The Morgan fingerprint density at radius 1 is 0.531 bits per heavy atom. The van der Waals surface area contributed by atoms with E-state index in [4.69, 9.17) is 10.2 Å². The van der Waals surface area contributed by atoms with Gasteiger partial charge in [-0.25, -0.2) is 0 Å². The summed E-state index contributed by atoms with van der Waals surface area (Å²) in [5, 5.41) is 9.76. The number of aryl methyl sites for hydroxylation is 1. The molecule has 5 rings (SSSR count). The summed E-state index contributed by atoms with van der Waals surface area (Å²) in [4.78, 5) is 0. The topological polar surface area (TPSA) is 48.8 Å². The molecule has 0 fully saturated rings. The first-order valence-electron chi connectivity index (χ1n) is 10.7. The number of hydrogen-bond acceptors (Lipinski definition) is 4. The molecule has 32 heavy (non-hydrogen) atoms. The Morgan fingerprint density at radius 3 is 1.44 bits per heavy atom. The molecule has 4 aromatic rings. The van der Waals surface area contributed by atoms with E-state index >= 15 is 0 Å². The van der Waals surface area contributed by atoms with E-state index in [9.17, 15) is 0 Å². The van der Waals surface area contributed by atoms with Crippen LogP contribution in [0.2, 0.25) is 0 Å².